The van der Waals surface area contributed by atoms with E-state index in [9.17, 15) is 14.9 Å². The van der Waals surface area contributed by atoms with Crippen LogP contribution in [0.3, 0.4) is 0 Å². The van der Waals surface area contributed by atoms with Gasteiger partial charge in [-0.25, -0.2) is 5.43 Å². The standard InChI is InChI=1S/C11H13N3O4S2/c1-11(19-4-5-20-11)6-9(15)13-12-7-8-2-3-10(18-8)14(16)17/h2-3,7H,4-6H2,1H3,(H,13,15)/b12-7-. The van der Waals surface area contributed by atoms with E-state index in [0.717, 1.165) is 11.5 Å². The molecule has 1 aromatic rings. The van der Waals surface area contributed by atoms with Crippen LogP contribution in [0.1, 0.15) is 19.1 Å². The summed E-state index contributed by atoms with van der Waals surface area (Å²) in [4.78, 5) is 21.5. The number of nitro groups is 1. The molecule has 0 unspecified atom stereocenters. The third-order valence-electron chi connectivity index (χ3n) is 2.55. The minimum atomic E-state index is -0.634. The Morgan fingerprint density at radius 1 is 1.60 bits per heavy atom. The number of nitrogens with zero attached hydrogens (tertiary/aromatic N) is 2. The van der Waals surface area contributed by atoms with Crippen molar-refractivity contribution in [3.05, 3.63) is 28.0 Å². The van der Waals surface area contributed by atoms with Gasteiger partial charge in [-0.15, -0.1) is 23.5 Å². The van der Waals surface area contributed by atoms with Gasteiger partial charge in [-0.2, -0.15) is 5.10 Å². The molecule has 0 radical (unpaired) electrons. The number of carbonyl (C=O) groups excluding carboxylic acids is 1. The van der Waals surface area contributed by atoms with E-state index < -0.39 is 4.92 Å². The molecule has 2 rings (SSSR count). The SMILES string of the molecule is CC1(CC(=O)N/N=C\c2ccc([N+](=O)[O-])o2)SCCS1. The molecule has 1 N–H and O–H groups in total. The zero-order valence-electron chi connectivity index (χ0n) is 10.7. The summed E-state index contributed by atoms with van der Waals surface area (Å²) < 4.78 is 4.78. The molecule has 108 valence electrons. The molecular formula is C11H13N3O4S2. The molecule has 1 aromatic heterocycles. The lowest BCUT2D eigenvalue weighted by atomic mass is 10.3. The predicted octanol–water partition coefficient (Wildman–Crippen LogP) is 2.22. The monoisotopic (exact) mass is 315 g/mol. The highest BCUT2D eigenvalue weighted by Crippen LogP contribution is 2.45. The quantitative estimate of drug-likeness (QED) is 0.508. The summed E-state index contributed by atoms with van der Waals surface area (Å²) >= 11 is 3.53. The van der Waals surface area contributed by atoms with Gasteiger partial charge in [-0.1, -0.05) is 0 Å². The van der Waals surface area contributed by atoms with Crippen LogP contribution in [-0.2, 0) is 4.79 Å². The Kier molecular flexibility index (Phi) is 4.71. The number of amides is 1. The van der Waals surface area contributed by atoms with E-state index in [1.54, 1.807) is 23.5 Å². The van der Waals surface area contributed by atoms with Gasteiger partial charge in [0.15, 0.2) is 5.76 Å². The molecule has 1 amide bonds. The zero-order valence-corrected chi connectivity index (χ0v) is 12.3. The van der Waals surface area contributed by atoms with Crippen molar-refractivity contribution in [2.45, 2.75) is 17.4 Å². The Labute approximate surface area is 123 Å². The molecule has 0 saturated carbocycles. The van der Waals surface area contributed by atoms with E-state index in [-0.39, 0.29) is 21.6 Å². The molecule has 2 heterocycles. The second kappa shape index (κ2) is 6.31. The Bertz CT molecular complexity index is 538. The molecule has 0 spiro atoms. The summed E-state index contributed by atoms with van der Waals surface area (Å²) in [6, 6.07) is 2.65. The second-order valence-corrected chi connectivity index (χ2v) is 7.69. The fraction of sp³-hybridized carbons (Fsp3) is 0.455. The highest BCUT2D eigenvalue weighted by molar-refractivity contribution is 8.21. The summed E-state index contributed by atoms with van der Waals surface area (Å²) in [7, 11) is 0. The van der Waals surface area contributed by atoms with Crippen LogP contribution in [0.4, 0.5) is 5.88 Å². The maximum Gasteiger partial charge on any atom is 0.433 e. The maximum absolute atomic E-state index is 11.7. The van der Waals surface area contributed by atoms with E-state index in [0.29, 0.717) is 6.42 Å². The van der Waals surface area contributed by atoms with Crippen LogP contribution >= 0.6 is 23.5 Å². The lowest BCUT2D eigenvalue weighted by molar-refractivity contribution is -0.402. The third-order valence-corrected chi connectivity index (χ3v) is 5.85. The number of hydrogen-bond donors (Lipinski definition) is 1. The molecule has 9 heteroatoms. The van der Waals surface area contributed by atoms with Crippen LogP contribution in [0.2, 0.25) is 0 Å². The highest BCUT2D eigenvalue weighted by Gasteiger charge is 2.32. The summed E-state index contributed by atoms with van der Waals surface area (Å²) in [5, 5.41) is 14.1. The number of carbonyl (C=O) groups is 1. The molecule has 1 fully saturated rings. The van der Waals surface area contributed by atoms with E-state index in [1.165, 1.54) is 18.3 Å². The van der Waals surface area contributed by atoms with Crippen LogP contribution in [0.15, 0.2) is 21.7 Å². The molecule has 7 nitrogen and oxygen atoms in total. The van der Waals surface area contributed by atoms with Gasteiger partial charge in [0, 0.05) is 11.5 Å². The van der Waals surface area contributed by atoms with Crippen molar-refractivity contribution in [1.82, 2.24) is 5.43 Å². The lowest BCUT2D eigenvalue weighted by Crippen LogP contribution is -2.26. The number of nitrogens with one attached hydrogen (secondary N) is 1. The van der Waals surface area contributed by atoms with Crippen molar-refractivity contribution in [1.29, 1.82) is 0 Å². The Balaban J connectivity index is 1.83. The van der Waals surface area contributed by atoms with Gasteiger partial charge >= 0.3 is 5.88 Å². The minimum absolute atomic E-state index is 0.0942. The first kappa shape index (κ1) is 14.9. The minimum Gasteiger partial charge on any atom is -0.400 e. The van der Waals surface area contributed by atoms with Crippen molar-refractivity contribution >= 4 is 41.5 Å². The summed E-state index contributed by atoms with van der Waals surface area (Å²) in [5.41, 5.74) is 2.40. The fourth-order valence-electron chi connectivity index (χ4n) is 1.67. The first-order valence-corrected chi connectivity index (χ1v) is 7.80. The van der Waals surface area contributed by atoms with Gasteiger partial charge in [0.05, 0.1) is 22.8 Å². The van der Waals surface area contributed by atoms with Crippen LogP contribution in [0.25, 0.3) is 0 Å². The van der Waals surface area contributed by atoms with E-state index in [1.807, 2.05) is 6.92 Å². The van der Waals surface area contributed by atoms with Crippen molar-refractivity contribution in [2.75, 3.05) is 11.5 Å². The summed E-state index contributed by atoms with van der Waals surface area (Å²) in [5.74, 6) is 1.77. The number of furan rings is 1. The number of rotatable bonds is 5. The molecule has 0 bridgehead atoms. The van der Waals surface area contributed by atoms with Crippen LogP contribution in [-0.4, -0.2) is 32.6 Å². The molecule has 0 aromatic carbocycles. The highest BCUT2D eigenvalue weighted by atomic mass is 32.2. The van der Waals surface area contributed by atoms with Crippen molar-refractivity contribution in [2.24, 2.45) is 5.10 Å². The van der Waals surface area contributed by atoms with Crippen molar-refractivity contribution < 1.29 is 14.1 Å². The van der Waals surface area contributed by atoms with E-state index >= 15 is 0 Å². The van der Waals surface area contributed by atoms with Gasteiger partial charge in [0.2, 0.25) is 5.91 Å². The Morgan fingerprint density at radius 3 is 2.90 bits per heavy atom. The van der Waals surface area contributed by atoms with Crippen LogP contribution in [0, 0.1) is 10.1 Å². The van der Waals surface area contributed by atoms with Gasteiger partial charge < -0.3 is 4.42 Å². The van der Waals surface area contributed by atoms with Gasteiger partial charge in [0.25, 0.3) is 0 Å². The average Bonchev–Trinajstić information content (AvgIpc) is 2.98. The van der Waals surface area contributed by atoms with E-state index in [2.05, 4.69) is 10.5 Å². The smallest absolute Gasteiger partial charge is 0.400 e. The summed E-state index contributed by atoms with van der Waals surface area (Å²) in [6.45, 7) is 2.04. The fourth-order valence-corrected chi connectivity index (χ4v) is 4.50. The van der Waals surface area contributed by atoms with Gasteiger partial charge in [-0.3, -0.25) is 14.9 Å². The summed E-state index contributed by atoms with van der Waals surface area (Å²) in [6.07, 6.45) is 1.61. The lowest BCUT2D eigenvalue weighted by Gasteiger charge is -2.19. The van der Waals surface area contributed by atoms with Crippen LogP contribution < -0.4 is 5.43 Å². The molecule has 1 saturated heterocycles. The predicted molar refractivity (Wildman–Crippen MR) is 79.0 cm³/mol. The normalized spacial score (nSPS) is 17.4. The maximum atomic E-state index is 11.7. The largest absolute Gasteiger partial charge is 0.433 e. The van der Waals surface area contributed by atoms with Crippen molar-refractivity contribution in [3.8, 4) is 0 Å². The van der Waals surface area contributed by atoms with Crippen LogP contribution in [0.5, 0.6) is 0 Å². The first-order valence-electron chi connectivity index (χ1n) is 5.82. The number of hydrogen-bond acceptors (Lipinski definition) is 7. The average molecular weight is 315 g/mol. The number of hydrazone groups is 1. The van der Waals surface area contributed by atoms with Gasteiger partial charge in [0.1, 0.15) is 4.92 Å². The molecular weight excluding hydrogens is 302 g/mol. The molecule has 0 atom stereocenters. The Morgan fingerprint density at radius 2 is 2.30 bits per heavy atom. The molecule has 1 aliphatic rings. The Hall–Kier alpha value is -1.48. The van der Waals surface area contributed by atoms with Gasteiger partial charge in [-0.05, 0) is 13.0 Å². The van der Waals surface area contributed by atoms with Crippen molar-refractivity contribution in [3.63, 3.8) is 0 Å². The van der Waals surface area contributed by atoms with E-state index in [4.69, 9.17) is 4.42 Å². The molecule has 1 aliphatic heterocycles. The topological polar surface area (TPSA) is 97.7 Å². The number of thioether (sulfide) groups is 2. The molecule has 0 aliphatic carbocycles. The third kappa shape index (κ3) is 4.01. The molecule has 20 heavy (non-hydrogen) atoms. The second-order valence-electron chi connectivity index (χ2n) is 4.23. The first-order chi connectivity index (χ1) is 9.48. The zero-order chi connectivity index (χ0) is 14.6.